The summed E-state index contributed by atoms with van der Waals surface area (Å²) in [5.41, 5.74) is 1.67. The van der Waals surface area contributed by atoms with Gasteiger partial charge < -0.3 is 4.52 Å². The highest BCUT2D eigenvalue weighted by molar-refractivity contribution is 5.56. The fourth-order valence-corrected chi connectivity index (χ4v) is 2.46. The monoisotopic (exact) mass is 353 g/mol. The van der Waals surface area contributed by atoms with E-state index < -0.39 is 4.92 Å². The van der Waals surface area contributed by atoms with E-state index in [1.54, 1.807) is 18.3 Å². The molecule has 8 heteroatoms. The minimum Gasteiger partial charge on any atom is -0.338 e. The number of non-ortho nitro benzene ring substituents is 1. The Morgan fingerprint density at radius 3 is 2.54 bits per heavy atom. The molecule has 0 aliphatic rings. The summed E-state index contributed by atoms with van der Waals surface area (Å²) < 4.78 is 5.36. The van der Waals surface area contributed by atoms with E-state index in [-0.39, 0.29) is 11.7 Å². The molecule has 0 unspecified atom stereocenters. The van der Waals surface area contributed by atoms with Gasteiger partial charge >= 0.3 is 0 Å². The summed E-state index contributed by atoms with van der Waals surface area (Å²) in [7, 11) is 0. The molecule has 0 aliphatic carbocycles. The number of rotatable bonds is 7. The molecule has 134 valence electrons. The van der Waals surface area contributed by atoms with Crippen molar-refractivity contribution in [1.82, 2.24) is 20.0 Å². The molecule has 3 rings (SSSR count). The highest BCUT2D eigenvalue weighted by atomic mass is 16.6. The molecule has 0 spiro atoms. The summed E-state index contributed by atoms with van der Waals surface area (Å²) in [6.07, 6.45) is 1.77. The van der Waals surface area contributed by atoms with E-state index in [4.69, 9.17) is 4.52 Å². The van der Waals surface area contributed by atoms with Crippen LogP contribution in [-0.2, 0) is 13.1 Å². The maximum atomic E-state index is 10.7. The molecule has 3 aromatic rings. The van der Waals surface area contributed by atoms with Gasteiger partial charge in [-0.2, -0.15) is 4.98 Å². The smallest absolute Gasteiger partial charge is 0.269 e. The summed E-state index contributed by atoms with van der Waals surface area (Å²) in [4.78, 5) is 21.2. The Balaban J connectivity index is 1.72. The van der Waals surface area contributed by atoms with Gasteiger partial charge in [-0.25, -0.2) is 0 Å². The molecule has 0 fully saturated rings. The van der Waals surface area contributed by atoms with Crippen LogP contribution in [0.1, 0.15) is 25.4 Å². The largest absolute Gasteiger partial charge is 0.338 e. The molecule has 1 aromatic carbocycles. The van der Waals surface area contributed by atoms with Crippen LogP contribution in [0.3, 0.4) is 0 Å². The van der Waals surface area contributed by atoms with Crippen molar-refractivity contribution in [3.05, 3.63) is 70.4 Å². The first-order chi connectivity index (χ1) is 12.5. The molecule has 0 atom stereocenters. The third kappa shape index (κ3) is 4.28. The van der Waals surface area contributed by atoms with Crippen LogP contribution in [-0.4, -0.2) is 31.0 Å². The first-order valence-electron chi connectivity index (χ1n) is 8.24. The van der Waals surface area contributed by atoms with Crippen molar-refractivity contribution in [2.75, 3.05) is 0 Å². The summed E-state index contributed by atoms with van der Waals surface area (Å²) in [5.74, 6) is 0.902. The Morgan fingerprint density at radius 1 is 1.15 bits per heavy atom. The van der Waals surface area contributed by atoms with Crippen molar-refractivity contribution >= 4 is 5.69 Å². The SMILES string of the molecule is CC(C)N(Cc1ccccn1)Cc1nc(-c2ccc([N+](=O)[O-])cc2)no1. The van der Waals surface area contributed by atoms with E-state index in [0.29, 0.717) is 30.4 Å². The summed E-state index contributed by atoms with van der Waals surface area (Å²) >= 11 is 0. The lowest BCUT2D eigenvalue weighted by molar-refractivity contribution is -0.384. The van der Waals surface area contributed by atoms with E-state index >= 15 is 0 Å². The second-order valence-electron chi connectivity index (χ2n) is 6.14. The lowest BCUT2D eigenvalue weighted by atomic mass is 10.2. The van der Waals surface area contributed by atoms with Gasteiger partial charge in [0.25, 0.3) is 5.69 Å². The molecule has 0 aliphatic heterocycles. The molecular weight excluding hydrogens is 334 g/mol. The Labute approximate surface area is 150 Å². The number of nitrogens with zero attached hydrogens (tertiary/aromatic N) is 5. The molecule has 0 N–H and O–H groups in total. The van der Waals surface area contributed by atoms with Crippen molar-refractivity contribution in [2.45, 2.75) is 33.0 Å². The lowest BCUT2D eigenvalue weighted by Crippen LogP contribution is -2.30. The van der Waals surface area contributed by atoms with Crippen LogP contribution in [0, 0.1) is 10.1 Å². The van der Waals surface area contributed by atoms with Crippen LogP contribution in [0.2, 0.25) is 0 Å². The normalized spacial score (nSPS) is 11.2. The van der Waals surface area contributed by atoms with Crippen molar-refractivity contribution in [2.24, 2.45) is 0 Å². The maximum absolute atomic E-state index is 10.7. The van der Waals surface area contributed by atoms with Crippen molar-refractivity contribution in [3.8, 4) is 11.4 Å². The number of benzene rings is 1. The standard InChI is InChI=1S/C18H19N5O3/c1-13(2)22(11-15-5-3-4-10-19-15)12-17-20-18(21-26-17)14-6-8-16(9-7-14)23(24)25/h3-10,13H,11-12H2,1-2H3. The second-order valence-corrected chi connectivity index (χ2v) is 6.14. The quantitative estimate of drug-likeness (QED) is 0.474. The number of aromatic nitrogens is 3. The number of nitro groups is 1. The third-order valence-corrected chi connectivity index (χ3v) is 3.96. The number of hydrogen-bond donors (Lipinski definition) is 0. The zero-order valence-electron chi connectivity index (χ0n) is 14.6. The molecule has 2 heterocycles. The lowest BCUT2D eigenvalue weighted by Gasteiger charge is -2.24. The zero-order valence-corrected chi connectivity index (χ0v) is 14.6. The fraction of sp³-hybridized carbons (Fsp3) is 0.278. The molecule has 8 nitrogen and oxygen atoms in total. The molecule has 0 amide bonds. The Morgan fingerprint density at radius 2 is 1.92 bits per heavy atom. The zero-order chi connectivity index (χ0) is 18.5. The van der Waals surface area contributed by atoms with Gasteiger partial charge in [0, 0.05) is 36.5 Å². The first-order valence-corrected chi connectivity index (χ1v) is 8.24. The average Bonchev–Trinajstić information content (AvgIpc) is 3.10. The van der Waals surface area contributed by atoms with Gasteiger partial charge in [-0.15, -0.1) is 0 Å². The Hall–Kier alpha value is -3.13. The van der Waals surface area contributed by atoms with Gasteiger partial charge in [-0.3, -0.25) is 20.0 Å². The molecule has 0 radical (unpaired) electrons. The predicted molar refractivity (Wildman–Crippen MR) is 95.0 cm³/mol. The van der Waals surface area contributed by atoms with Gasteiger partial charge in [0.05, 0.1) is 17.2 Å². The molecule has 0 bridgehead atoms. The number of pyridine rings is 1. The van der Waals surface area contributed by atoms with Crippen LogP contribution in [0.4, 0.5) is 5.69 Å². The van der Waals surface area contributed by atoms with Crippen molar-refractivity contribution in [3.63, 3.8) is 0 Å². The van der Waals surface area contributed by atoms with Crippen LogP contribution < -0.4 is 0 Å². The maximum Gasteiger partial charge on any atom is 0.269 e. The molecule has 26 heavy (non-hydrogen) atoms. The van der Waals surface area contributed by atoms with Crippen LogP contribution in [0.25, 0.3) is 11.4 Å². The number of hydrogen-bond acceptors (Lipinski definition) is 7. The minimum atomic E-state index is -0.441. The van der Waals surface area contributed by atoms with Gasteiger partial charge in [0.1, 0.15) is 0 Å². The van der Waals surface area contributed by atoms with E-state index in [9.17, 15) is 10.1 Å². The van der Waals surface area contributed by atoms with Crippen molar-refractivity contribution in [1.29, 1.82) is 0 Å². The van der Waals surface area contributed by atoms with Crippen LogP contribution in [0.15, 0.2) is 53.2 Å². The number of nitro benzene ring substituents is 1. The van der Waals surface area contributed by atoms with Crippen LogP contribution >= 0.6 is 0 Å². The second kappa shape index (κ2) is 7.83. The topological polar surface area (TPSA) is 98.2 Å². The van der Waals surface area contributed by atoms with Gasteiger partial charge in [-0.05, 0) is 38.1 Å². The minimum absolute atomic E-state index is 0.0267. The Bertz CT molecular complexity index is 862. The van der Waals surface area contributed by atoms with E-state index in [2.05, 4.69) is 33.9 Å². The third-order valence-electron chi connectivity index (χ3n) is 3.96. The van der Waals surface area contributed by atoms with Gasteiger partial charge in [-0.1, -0.05) is 11.2 Å². The van der Waals surface area contributed by atoms with E-state index in [1.165, 1.54) is 12.1 Å². The first kappa shape index (κ1) is 17.7. The summed E-state index contributed by atoms with van der Waals surface area (Å²) in [6.45, 7) is 5.36. The highest BCUT2D eigenvalue weighted by Crippen LogP contribution is 2.20. The van der Waals surface area contributed by atoms with Gasteiger partial charge in [0.2, 0.25) is 11.7 Å². The molecule has 2 aromatic heterocycles. The summed E-state index contributed by atoms with van der Waals surface area (Å²) in [6, 6.07) is 12.2. The molecule has 0 saturated carbocycles. The Kier molecular flexibility index (Phi) is 5.33. The average molecular weight is 353 g/mol. The van der Waals surface area contributed by atoms with E-state index in [0.717, 1.165) is 5.69 Å². The van der Waals surface area contributed by atoms with E-state index in [1.807, 2.05) is 18.2 Å². The van der Waals surface area contributed by atoms with Crippen molar-refractivity contribution < 1.29 is 9.45 Å². The predicted octanol–water partition coefficient (Wildman–Crippen LogP) is 3.45. The fourth-order valence-electron chi connectivity index (χ4n) is 2.46. The molecule has 0 saturated heterocycles. The van der Waals surface area contributed by atoms with Gasteiger partial charge in [0.15, 0.2) is 0 Å². The highest BCUT2D eigenvalue weighted by Gasteiger charge is 2.17. The molecular formula is C18H19N5O3. The van der Waals surface area contributed by atoms with Crippen LogP contribution in [0.5, 0.6) is 0 Å². The summed E-state index contributed by atoms with van der Waals surface area (Å²) in [5, 5.41) is 14.7.